The number of carbonyl (C=O) groups is 2. The third-order valence-corrected chi connectivity index (χ3v) is 4.16. The largest absolute Gasteiger partial charge is 0.466 e. The highest BCUT2D eigenvalue weighted by Crippen LogP contribution is 2.24. The lowest BCUT2D eigenvalue weighted by Crippen LogP contribution is -2.26. The van der Waals surface area contributed by atoms with E-state index < -0.39 is 0 Å². The first kappa shape index (κ1) is 18.9. The molecule has 2 rings (SSSR count). The second-order valence-electron chi connectivity index (χ2n) is 6.16. The second kappa shape index (κ2) is 10.4. The van der Waals surface area contributed by atoms with Crippen molar-refractivity contribution in [3.63, 3.8) is 0 Å². The van der Waals surface area contributed by atoms with Gasteiger partial charge in [0.1, 0.15) is 0 Å². The molecule has 1 fully saturated rings. The van der Waals surface area contributed by atoms with Gasteiger partial charge in [-0.2, -0.15) is 0 Å². The molecular weight excluding hydrogens is 308 g/mol. The number of carbonyl (C=O) groups excluding carboxylic acids is 2. The van der Waals surface area contributed by atoms with Crippen molar-refractivity contribution < 1.29 is 23.8 Å². The summed E-state index contributed by atoms with van der Waals surface area (Å²) < 4.78 is 16.3. The minimum Gasteiger partial charge on any atom is -0.466 e. The molecule has 2 atom stereocenters. The summed E-state index contributed by atoms with van der Waals surface area (Å²) in [7, 11) is 0. The SMILES string of the molecule is CCOC(=O)CCC/C=C\CC1=C[C@H](OC2CCCCO2)CC1=O. The van der Waals surface area contributed by atoms with Crippen molar-refractivity contribution in [3.8, 4) is 0 Å². The molecule has 0 radical (unpaired) electrons. The number of hydrogen-bond donors (Lipinski definition) is 0. The van der Waals surface area contributed by atoms with E-state index in [0.29, 0.717) is 25.9 Å². The van der Waals surface area contributed by atoms with Gasteiger partial charge in [-0.15, -0.1) is 0 Å². The van der Waals surface area contributed by atoms with Crippen LogP contribution in [0.1, 0.15) is 58.3 Å². The van der Waals surface area contributed by atoms with E-state index in [9.17, 15) is 9.59 Å². The van der Waals surface area contributed by atoms with Crippen LogP contribution in [0, 0.1) is 0 Å². The van der Waals surface area contributed by atoms with Gasteiger partial charge in [-0.25, -0.2) is 0 Å². The molecule has 5 nitrogen and oxygen atoms in total. The molecule has 24 heavy (non-hydrogen) atoms. The normalized spacial score (nSPS) is 24.4. The molecule has 0 amide bonds. The molecule has 0 aromatic rings. The number of hydrogen-bond acceptors (Lipinski definition) is 5. The quantitative estimate of drug-likeness (QED) is 0.366. The van der Waals surface area contributed by atoms with Crippen molar-refractivity contribution in [3.05, 3.63) is 23.8 Å². The average Bonchev–Trinajstić information content (AvgIpc) is 2.91. The number of unbranched alkanes of at least 4 members (excludes halogenated alkanes) is 1. The molecular formula is C19H28O5. The van der Waals surface area contributed by atoms with Crippen LogP contribution in [-0.2, 0) is 23.8 Å². The Morgan fingerprint density at radius 1 is 1.38 bits per heavy atom. The number of rotatable bonds is 9. The fraction of sp³-hybridized carbons (Fsp3) is 0.684. The standard InChI is InChI=1S/C19H28O5/c1-2-22-18(21)10-6-4-3-5-9-15-13-16(14-17(15)20)24-19-11-7-8-12-23-19/h3,5,13,16,19H,2,4,6-12,14H2,1H3/b5-3-/t16-,19?/m0/s1. The maximum absolute atomic E-state index is 12.0. The zero-order chi connectivity index (χ0) is 17.2. The van der Waals surface area contributed by atoms with Gasteiger partial charge in [-0.3, -0.25) is 9.59 Å². The second-order valence-corrected chi connectivity index (χ2v) is 6.16. The van der Waals surface area contributed by atoms with Crippen molar-refractivity contribution in [2.24, 2.45) is 0 Å². The van der Waals surface area contributed by atoms with Crippen molar-refractivity contribution in [1.82, 2.24) is 0 Å². The van der Waals surface area contributed by atoms with E-state index in [0.717, 1.165) is 44.3 Å². The van der Waals surface area contributed by atoms with Crippen LogP contribution in [0.2, 0.25) is 0 Å². The lowest BCUT2D eigenvalue weighted by molar-refractivity contribution is -0.178. The summed E-state index contributed by atoms with van der Waals surface area (Å²) in [4.78, 5) is 23.2. The number of esters is 1. The van der Waals surface area contributed by atoms with Crippen molar-refractivity contribution in [2.45, 2.75) is 70.7 Å². The molecule has 0 aromatic carbocycles. The number of allylic oxidation sites excluding steroid dienone is 3. The highest BCUT2D eigenvalue weighted by atomic mass is 16.7. The van der Waals surface area contributed by atoms with Gasteiger partial charge >= 0.3 is 5.97 Å². The third kappa shape index (κ3) is 6.57. The molecule has 0 saturated carbocycles. The zero-order valence-corrected chi connectivity index (χ0v) is 14.5. The smallest absolute Gasteiger partial charge is 0.305 e. The Bertz CT molecular complexity index is 474. The van der Waals surface area contributed by atoms with E-state index in [-0.39, 0.29) is 24.1 Å². The summed E-state index contributed by atoms with van der Waals surface area (Å²) in [6.45, 7) is 2.98. The summed E-state index contributed by atoms with van der Waals surface area (Å²) in [6, 6.07) is 0. The molecule has 1 heterocycles. The number of ketones is 1. The highest BCUT2D eigenvalue weighted by molar-refractivity contribution is 5.98. The molecule has 0 spiro atoms. The Hall–Kier alpha value is -1.46. The molecule has 1 saturated heterocycles. The predicted octanol–water partition coefficient (Wildman–Crippen LogP) is 3.48. The Kier molecular flexibility index (Phi) is 8.19. The summed E-state index contributed by atoms with van der Waals surface area (Å²) in [5.41, 5.74) is 0.817. The first-order valence-corrected chi connectivity index (χ1v) is 9.00. The molecule has 1 unspecified atom stereocenters. The lowest BCUT2D eigenvalue weighted by Gasteiger charge is -2.24. The Labute approximate surface area is 144 Å². The third-order valence-electron chi connectivity index (χ3n) is 4.16. The maximum Gasteiger partial charge on any atom is 0.305 e. The fourth-order valence-corrected chi connectivity index (χ4v) is 2.90. The van der Waals surface area contributed by atoms with E-state index in [1.807, 2.05) is 25.2 Å². The van der Waals surface area contributed by atoms with Crippen LogP contribution in [0.4, 0.5) is 0 Å². The van der Waals surface area contributed by atoms with Crippen LogP contribution < -0.4 is 0 Å². The lowest BCUT2D eigenvalue weighted by atomic mass is 10.1. The van der Waals surface area contributed by atoms with E-state index >= 15 is 0 Å². The Morgan fingerprint density at radius 3 is 3.00 bits per heavy atom. The van der Waals surface area contributed by atoms with Gasteiger partial charge in [0.05, 0.1) is 12.7 Å². The van der Waals surface area contributed by atoms with Crippen LogP contribution in [0.15, 0.2) is 23.8 Å². The summed E-state index contributed by atoms with van der Waals surface area (Å²) in [5.74, 6) is 0.0106. The molecule has 5 heteroatoms. The van der Waals surface area contributed by atoms with Gasteiger partial charge in [0.2, 0.25) is 0 Å². The Morgan fingerprint density at radius 2 is 2.25 bits per heavy atom. The van der Waals surface area contributed by atoms with Crippen LogP contribution in [0.3, 0.4) is 0 Å². The highest BCUT2D eigenvalue weighted by Gasteiger charge is 2.27. The average molecular weight is 336 g/mol. The van der Waals surface area contributed by atoms with Crippen LogP contribution in [0.25, 0.3) is 0 Å². The van der Waals surface area contributed by atoms with Gasteiger partial charge in [0.15, 0.2) is 12.1 Å². The summed E-state index contributed by atoms with van der Waals surface area (Å²) in [6.07, 6.45) is 11.8. The van der Waals surface area contributed by atoms with E-state index in [1.165, 1.54) is 0 Å². The summed E-state index contributed by atoms with van der Waals surface area (Å²) >= 11 is 0. The molecule has 0 bridgehead atoms. The van der Waals surface area contributed by atoms with Crippen molar-refractivity contribution in [2.75, 3.05) is 13.2 Å². The molecule has 2 aliphatic rings. The van der Waals surface area contributed by atoms with E-state index in [2.05, 4.69) is 0 Å². The number of Topliss-reactive ketones (excluding diaryl/α,β-unsaturated/α-hetero) is 1. The van der Waals surface area contributed by atoms with Gasteiger partial charge in [-0.1, -0.05) is 12.2 Å². The van der Waals surface area contributed by atoms with E-state index in [1.54, 1.807) is 0 Å². The minimum atomic E-state index is -0.162. The predicted molar refractivity (Wildman–Crippen MR) is 90.4 cm³/mol. The minimum absolute atomic E-state index is 0.146. The fourth-order valence-electron chi connectivity index (χ4n) is 2.90. The van der Waals surface area contributed by atoms with Crippen molar-refractivity contribution >= 4 is 11.8 Å². The number of ether oxygens (including phenoxy) is 3. The maximum atomic E-state index is 12.0. The van der Waals surface area contributed by atoms with E-state index in [4.69, 9.17) is 14.2 Å². The van der Waals surface area contributed by atoms with Gasteiger partial charge < -0.3 is 14.2 Å². The monoisotopic (exact) mass is 336 g/mol. The topological polar surface area (TPSA) is 61.8 Å². The van der Waals surface area contributed by atoms with Gasteiger partial charge in [0.25, 0.3) is 0 Å². The molecule has 1 aliphatic heterocycles. The summed E-state index contributed by atoms with van der Waals surface area (Å²) in [5, 5.41) is 0. The van der Waals surface area contributed by atoms with Crippen LogP contribution in [-0.4, -0.2) is 37.4 Å². The molecule has 1 aliphatic carbocycles. The van der Waals surface area contributed by atoms with Gasteiger partial charge in [-0.05, 0) is 57.1 Å². The molecule has 0 aromatic heterocycles. The van der Waals surface area contributed by atoms with Crippen LogP contribution in [0.5, 0.6) is 0 Å². The Balaban J connectivity index is 1.65. The van der Waals surface area contributed by atoms with Crippen molar-refractivity contribution in [1.29, 1.82) is 0 Å². The zero-order valence-electron chi connectivity index (χ0n) is 14.5. The van der Waals surface area contributed by atoms with Crippen LogP contribution >= 0.6 is 0 Å². The first-order valence-electron chi connectivity index (χ1n) is 9.00. The van der Waals surface area contributed by atoms with Gasteiger partial charge in [0, 0.05) is 19.4 Å². The first-order chi connectivity index (χ1) is 11.7. The molecule has 134 valence electrons. The molecule has 0 N–H and O–H groups in total.